The number of carbonyl (C=O) groups is 1. The fraction of sp³-hybridized carbons (Fsp3) is 0.259. The van der Waals surface area contributed by atoms with E-state index in [1.54, 1.807) is 6.20 Å². The summed E-state index contributed by atoms with van der Waals surface area (Å²) in [5.74, 6) is 3.53. The van der Waals surface area contributed by atoms with E-state index in [1.807, 2.05) is 54.4 Å². The summed E-state index contributed by atoms with van der Waals surface area (Å²) in [6, 6.07) is 15.8. The Balaban J connectivity index is 1.27. The van der Waals surface area contributed by atoms with Gasteiger partial charge < -0.3 is 15.8 Å². The van der Waals surface area contributed by atoms with E-state index in [9.17, 15) is 4.79 Å². The highest BCUT2D eigenvalue weighted by Crippen LogP contribution is 2.37. The van der Waals surface area contributed by atoms with Gasteiger partial charge in [-0.25, -0.2) is 9.97 Å². The molecule has 0 bridgehead atoms. The number of primary amides is 1. The SMILES string of the molecule is NC(=O)C(Oc1cccc(-c2nc3c(c(Nc4ccc(-c5cn[nH]c5)cc4)n2)CSC3)c1)C1CCC1. The van der Waals surface area contributed by atoms with Crippen molar-refractivity contribution >= 4 is 29.2 Å². The number of amides is 1. The van der Waals surface area contributed by atoms with Gasteiger partial charge in [0.2, 0.25) is 0 Å². The van der Waals surface area contributed by atoms with E-state index in [-0.39, 0.29) is 5.92 Å². The van der Waals surface area contributed by atoms with Crippen LogP contribution >= 0.6 is 11.8 Å². The largest absolute Gasteiger partial charge is 0.480 e. The molecule has 2 aliphatic rings. The molecular weight excluding hydrogens is 472 g/mol. The lowest BCUT2D eigenvalue weighted by molar-refractivity contribution is -0.128. The van der Waals surface area contributed by atoms with Crippen molar-refractivity contribution in [2.24, 2.45) is 11.7 Å². The molecule has 4 aromatic rings. The van der Waals surface area contributed by atoms with Gasteiger partial charge in [0.1, 0.15) is 11.6 Å². The molecule has 1 atom stereocenters. The quantitative estimate of drug-likeness (QED) is 0.311. The van der Waals surface area contributed by atoms with Crippen LogP contribution in [0.4, 0.5) is 11.5 Å². The zero-order valence-corrected chi connectivity index (χ0v) is 20.4. The molecule has 0 spiro atoms. The number of H-pyrrole nitrogens is 1. The Kier molecular flexibility index (Phi) is 6.06. The van der Waals surface area contributed by atoms with Gasteiger partial charge in [0, 0.05) is 46.0 Å². The molecule has 182 valence electrons. The van der Waals surface area contributed by atoms with Crippen molar-refractivity contribution in [3.63, 3.8) is 0 Å². The van der Waals surface area contributed by atoms with E-state index in [0.29, 0.717) is 11.6 Å². The molecule has 0 radical (unpaired) electrons. The number of nitrogens with one attached hydrogen (secondary N) is 2. The lowest BCUT2D eigenvalue weighted by Crippen LogP contribution is -2.42. The average molecular weight is 499 g/mol. The molecule has 0 saturated heterocycles. The van der Waals surface area contributed by atoms with Gasteiger partial charge in [0.15, 0.2) is 11.9 Å². The first-order valence-electron chi connectivity index (χ1n) is 12.0. The number of aromatic nitrogens is 4. The minimum Gasteiger partial charge on any atom is -0.480 e. The molecule has 1 aliphatic heterocycles. The number of carbonyl (C=O) groups excluding carboxylic acids is 1. The van der Waals surface area contributed by atoms with E-state index in [1.165, 1.54) is 0 Å². The number of aromatic amines is 1. The summed E-state index contributed by atoms with van der Waals surface area (Å²) in [5, 5.41) is 10.4. The first-order valence-corrected chi connectivity index (χ1v) is 13.2. The first-order chi connectivity index (χ1) is 17.6. The molecule has 2 aromatic carbocycles. The van der Waals surface area contributed by atoms with E-state index >= 15 is 0 Å². The number of nitrogens with two attached hydrogens (primary N) is 1. The van der Waals surface area contributed by atoms with Crippen molar-refractivity contribution in [1.82, 2.24) is 20.2 Å². The van der Waals surface area contributed by atoms with Crippen molar-refractivity contribution in [2.45, 2.75) is 36.9 Å². The number of rotatable bonds is 8. The molecule has 6 rings (SSSR count). The van der Waals surface area contributed by atoms with Gasteiger partial charge in [-0.3, -0.25) is 9.89 Å². The Labute approximate surface area is 213 Å². The van der Waals surface area contributed by atoms with Gasteiger partial charge in [-0.15, -0.1) is 0 Å². The van der Waals surface area contributed by atoms with Gasteiger partial charge in [-0.1, -0.05) is 30.7 Å². The highest BCUT2D eigenvalue weighted by Gasteiger charge is 2.33. The highest BCUT2D eigenvalue weighted by molar-refractivity contribution is 7.98. The topological polar surface area (TPSA) is 119 Å². The number of fused-ring (bicyclic) bond motifs is 1. The minimum atomic E-state index is -0.603. The van der Waals surface area contributed by atoms with Crippen LogP contribution in [0.3, 0.4) is 0 Å². The lowest BCUT2D eigenvalue weighted by atomic mass is 9.81. The van der Waals surface area contributed by atoms with Crippen LogP contribution in [0.1, 0.15) is 30.5 Å². The molecule has 3 heterocycles. The van der Waals surface area contributed by atoms with Crippen molar-refractivity contribution < 1.29 is 9.53 Å². The van der Waals surface area contributed by atoms with Gasteiger partial charge >= 0.3 is 0 Å². The number of benzene rings is 2. The standard InChI is InChI=1S/C27H26N6O2S/c28-25(34)24(17-3-1-4-17)35-21-6-2-5-18(11-21)26-32-23-15-36-14-22(23)27(33-26)31-20-9-7-16(8-10-20)19-12-29-30-13-19/h2,5-13,17,24H,1,3-4,14-15H2,(H2,28,34)(H,29,30)(H,31,32,33). The maximum absolute atomic E-state index is 12.0. The summed E-state index contributed by atoms with van der Waals surface area (Å²) in [7, 11) is 0. The number of thioether (sulfide) groups is 1. The average Bonchev–Trinajstić information content (AvgIpc) is 3.56. The third kappa shape index (κ3) is 4.54. The zero-order chi connectivity index (χ0) is 24.5. The number of hydrogen-bond donors (Lipinski definition) is 3. The van der Waals surface area contributed by atoms with Crippen LogP contribution in [0.2, 0.25) is 0 Å². The lowest BCUT2D eigenvalue weighted by Gasteiger charge is -2.31. The maximum atomic E-state index is 12.0. The van der Waals surface area contributed by atoms with Crippen LogP contribution in [-0.4, -0.2) is 32.2 Å². The van der Waals surface area contributed by atoms with Gasteiger partial charge in [-0.05, 0) is 42.7 Å². The van der Waals surface area contributed by atoms with Crippen LogP contribution < -0.4 is 15.8 Å². The maximum Gasteiger partial charge on any atom is 0.258 e. The normalized spacial score (nSPS) is 15.7. The molecular formula is C27H26N6O2S. The zero-order valence-electron chi connectivity index (χ0n) is 19.6. The molecule has 4 N–H and O–H groups in total. The van der Waals surface area contributed by atoms with Gasteiger partial charge in [0.25, 0.3) is 5.91 Å². The number of anilines is 2. The van der Waals surface area contributed by atoms with Gasteiger partial charge in [-0.2, -0.15) is 16.9 Å². The Morgan fingerprint density at radius 2 is 1.94 bits per heavy atom. The molecule has 1 fully saturated rings. The molecule has 2 aromatic heterocycles. The highest BCUT2D eigenvalue weighted by atomic mass is 32.2. The fourth-order valence-electron chi connectivity index (χ4n) is 4.56. The molecule has 9 heteroatoms. The van der Waals surface area contributed by atoms with E-state index in [4.69, 9.17) is 20.4 Å². The number of hydrogen-bond acceptors (Lipinski definition) is 7. The predicted molar refractivity (Wildman–Crippen MR) is 141 cm³/mol. The molecule has 8 nitrogen and oxygen atoms in total. The summed E-state index contributed by atoms with van der Waals surface area (Å²) < 4.78 is 6.05. The van der Waals surface area contributed by atoms with Crippen LogP contribution in [0.25, 0.3) is 22.5 Å². The van der Waals surface area contributed by atoms with Crippen molar-refractivity contribution in [2.75, 3.05) is 5.32 Å². The van der Waals surface area contributed by atoms with Crippen LogP contribution in [0.5, 0.6) is 5.75 Å². The summed E-state index contributed by atoms with van der Waals surface area (Å²) in [4.78, 5) is 21.7. The molecule has 1 saturated carbocycles. The first kappa shape index (κ1) is 22.6. The predicted octanol–water partition coefficient (Wildman–Crippen LogP) is 5.06. The second-order valence-electron chi connectivity index (χ2n) is 9.16. The Bertz CT molecular complexity index is 1390. The molecule has 36 heavy (non-hydrogen) atoms. The van der Waals surface area contributed by atoms with Crippen molar-refractivity contribution in [3.05, 3.63) is 72.2 Å². The molecule has 1 aliphatic carbocycles. The molecule has 1 unspecified atom stereocenters. The minimum absolute atomic E-state index is 0.190. The number of nitrogens with zero attached hydrogens (tertiary/aromatic N) is 3. The Hall–Kier alpha value is -3.85. The summed E-state index contributed by atoms with van der Waals surface area (Å²) in [5.41, 5.74) is 11.7. The second-order valence-corrected chi connectivity index (χ2v) is 10.1. The Morgan fingerprint density at radius 1 is 1.08 bits per heavy atom. The molecule has 1 amide bonds. The van der Waals surface area contributed by atoms with Crippen LogP contribution in [0, 0.1) is 5.92 Å². The van der Waals surface area contributed by atoms with Crippen LogP contribution in [0.15, 0.2) is 60.9 Å². The smallest absolute Gasteiger partial charge is 0.258 e. The van der Waals surface area contributed by atoms with Gasteiger partial charge in [0.05, 0.1) is 11.9 Å². The van der Waals surface area contributed by atoms with Crippen molar-refractivity contribution in [3.8, 4) is 28.3 Å². The van der Waals surface area contributed by atoms with Crippen LogP contribution in [-0.2, 0) is 16.3 Å². The second kappa shape index (κ2) is 9.66. The summed E-state index contributed by atoms with van der Waals surface area (Å²) >= 11 is 1.83. The summed E-state index contributed by atoms with van der Waals surface area (Å²) in [6.45, 7) is 0. The third-order valence-corrected chi connectivity index (χ3v) is 7.74. The number of ether oxygens (including phenoxy) is 1. The van der Waals surface area contributed by atoms with E-state index in [2.05, 4.69) is 27.6 Å². The fourth-order valence-corrected chi connectivity index (χ4v) is 5.60. The van der Waals surface area contributed by atoms with Crippen molar-refractivity contribution in [1.29, 1.82) is 0 Å². The summed E-state index contributed by atoms with van der Waals surface area (Å²) in [6.07, 6.45) is 6.13. The third-order valence-electron chi connectivity index (χ3n) is 6.77. The van der Waals surface area contributed by atoms with E-state index < -0.39 is 12.0 Å². The van der Waals surface area contributed by atoms with E-state index in [0.717, 1.165) is 70.2 Å². The monoisotopic (exact) mass is 498 g/mol. The Morgan fingerprint density at radius 3 is 2.67 bits per heavy atom.